The fraction of sp³-hybridized carbons (Fsp3) is 0.500. The molecule has 5 heteroatoms. The standard InChI is InChI=1S/C14H17BrO3S/c15-12-8-4-5-9-13(14(12)16)19(17,18)10-11-6-2-1-3-7-11/h1-3,6-7,12-13H,4-5,8-10H2. The number of hydrogen-bond donors (Lipinski definition) is 0. The van der Waals surface area contributed by atoms with Crippen molar-refractivity contribution in [3.8, 4) is 0 Å². The molecule has 1 aromatic carbocycles. The van der Waals surface area contributed by atoms with Crippen LogP contribution in [0.3, 0.4) is 0 Å². The minimum atomic E-state index is -3.42. The highest BCUT2D eigenvalue weighted by Gasteiger charge is 2.36. The van der Waals surface area contributed by atoms with Crippen molar-refractivity contribution >= 4 is 31.6 Å². The van der Waals surface area contributed by atoms with Crippen molar-refractivity contribution in [3.05, 3.63) is 35.9 Å². The van der Waals surface area contributed by atoms with Crippen LogP contribution in [0.5, 0.6) is 0 Å². The Morgan fingerprint density at radius 2 is 1.74 bits per heavy atom. The van der Waals surface area contributed by atoms with Gasteiger partial charge in [-0.2, -0.15) is 0 Å². The highest BCUT2D eigenvalue weighted by molar-refractivity contribution is 9.10. The van der Waals surface area contributed by atoms with Crippen LogP contribution < -0.4 is 0 Å². The van der Waals surface area contributed by atoms with Gasteiger partial charge in [-0.15, -0.1) is 0 Å². The third-order valence-corrected chi connectivity index (χ3v) is 6.42. The van der Waals surface area contributed by atoms with E-state index in [2.05, 4.69) is 15.9 Å². The summed E-state index contributed by atoms with van der Waals surface area (Å²) in [5.41, 5.74) is 0.741. The average molecular weight is 345 g/mol. The molecule has 0 bridgehead atoms. The second kappa shape index (κ2) is 6.18. The SMILES string of the molecule is O=C1C(Br)CCCCC1S(=O)(=O)Cc1ccccc1. The molecule has 0 radical (unpaired) electrons. The van der Waals surface area contributed by atoms with Crippen LogP contribution in [0.4, 0.5) is 0 Å². The maximum absolute atomic E-state index is 12.4. The Morgan fingerprint density at radius 1 is 1.11 bits per heavy atom. The lowest BCUT2D eigenvalue weighted by atomic mass is 10.2. The Balaban J connectivity index is 2.21. The van der Waals surface area contributed by atoms with E-state index in [9.17, 15) is 13.2 Å². The first-order chi connectivity index (χ1) is 9.00. The van der Waals surface area contributed by atoms with E-state index >= 15 is 0 Å². The van der Waals surface area contributed by atoms with Crippen molar-refractivity contribution in [2.45, 2.75) is 41.5 Å². The molecular formula is C14H17BrO3S. The van der Waals surface area contributed by atoms with Crippen molar-refractivity contribution in [1.82, 2.24) is 0 Å². The minimum Gasteiger partial charge on any atom is -0.297 e. The van der Waals surface area contributed by atoms with Gasteiger partial charge in [0.1, 0.15) is 5.25 Å². The van der Waals surface area contributed by atoms with E-state index in [1.807, 2.05) is 18.2 Å². The Hall–Kier alpha value is -0.680. The van der Waals surface area contributed by atoms with Crippen LogP contribution in [0.15, 0.2) is 30.3 Å². The maximum Gasteiger partial charge on any atom is 0.164 e. The Morgan fingerprint density at radius 3 is 2.42 bits per heavy atom. The molecule has 1 fully saturated rings. The summed E-state index contributed by atoms with van der Waals surface area (Å²) < 4.78 is 24.8. The predicted molar refractivity (Wildman–Crippen MR) is 79.0 cm³/mol. The second-order valence-electron chi connectivity index (χ2n) is 4.94. The van der Waals surface area contributed by atoms with Crippen molar-refractivity contribution in [3.63, 3.8) is 0 Å². The number of halogens is 1. The molecule has 0 N–H and O–H groups in total. The van der Waals surface area contributed by atoms with Crippen LogP contribution in [0.25, 0.3) is 0 Å². The van der Waals surface area contributed by atoms with Gasteiger partial charge in [-0.3, -0.25) is 4.79 Å². The summed E-state index contributed by atoms with van der Waals surface area (Å²) in [6.07, 6.45) is 2.89. The summed E-state index contributed by atoms with van der Waals surface area (Å²) in [4.78, 5) is 11.8. The fourth-order valence-electron chi connectivity index (χ4n) is 2.40. The van der Waals surface area contributed by atoms with Gasteiger partial charge < -0.3 is 0 Å². The number of sulfone groups is 1. The molecule has 1 aromatic rings. The zero-order valence-corrected chi connectivity index (χ0v) is 13.0. The summed E-state index contributed by atoms with van der Waals surface area (Å²) in [6, 6.07) is 9.04. The van der Waals surface area contributed by atoms with E-state index in [1.54, 1.807) is 12.1 Å². The number of ketones is 1. The number of hydrogen-bond acceptors (Lipinski definition) is 3. The molecule has 104 valence electrons. The smallest absolute Gasteiger partial charge is 0.164 e. The highest BCUT2D eigenvalue weighted by Crippen LogP contribution is 2.26. The molecule has 0 amide bonds. The summed E-state index contributed by atoms with van der Waals surface area (Å²) in [7, 11) is -3.42. The zero-order chi connectivity index (χ0) is 13.9. The summed E-state index contributed by atoms with van der Waals surface area (Å²) in [5.74, 6) is -0.224. The van der Waals surface area contributed by atoms with Gasteiger partial charge in [0.2, 0.25) is 0 Å². The lowest BCUT2D eigenvalue weighted by Crippen LogP contribution is -2.34. The van der Waals surface area contributed by atoms with E-state index in [1.165, 1.54) is 0 Å². The molecule has 1 aliphatic rings. The summed E-state index contributed by atoms with van der Waals surface area (Å²) in [5, 5.41) is -0.848. The molecular weight excluding hydrogens is 328 g/mol. The normalized spacial score (nSPS) is 25.0. The third-order valence-electron chi connectivity index (χ3n) is 3.44. The van der Waals surface area contributed by atoms with Gasteiger partial charge in [0, 0.05) is 0 Å². The third kappa shape index (κ3) is 3.66. The van der Waals surface area contributed by atoms with Crippen LogP contribution in [0, 0.1) is 0 Å². The monoisotopic (exact) mass is 344 g/mol. The van der Waals surface area contributed by atoms with Crippen LogP contribution in [-0.2, 0) is 20.4 Å². The number of rotatable bonds is 3. The molecule has 0 aromatic heterocycles. The van der Waals surface area contributed by atoms with E-state index in [4.69, 9.17) is 0 Å². The molecule has 1 saturated carbocycles. The van der Waals surface area contributed by atoms with Crippen LogP contribution >= 0.6 is 15.9 Å². The number of alkyl halides is 1. The molecule has 2 unspecified atom stereocenters. The first-order valence-corrected chi connectivity index (χ1v) is 9.07. The molecule has 0 spiro atoms. The molecule has 2 atom stereocenters. The van der Waals surface area contributed by atoms with Crippen molar-refractivity contribution in [1.29, 1.82) is 0 Å². The van der Waals surface area contributed by atoms with Gasteiger partial charge in [-0.1, -0.05) is 59.1 Å². The van der Waals surface area contributed by atoms with Gasteiger partial charge in [-0.25, -0.2) is 8.42 Å². The van der Waals surface area contributed by atoms with E-state index in [0.29, 0.717) is 6.42 Å². The Labute approximate surface area is 122 Å². The van der Waals surface area contributed by atoms with Crippen LogP contribution in [0.2, 0.25) is 0 Å². The molecule has 3 nitrogen and oxygen atoms in total. The molecule has 0 aliphatic heterocycles. The molecule has 0 heterocycles. The minimum absolute atomic E-state index is 0.0516. The predicted octanol–water partition coefficient (Wildman–Crippen LogP) is 2.88. The van der Waals surface area contributed by atoms with Crippen molar-refractivity contribution in [2.24, 2.45) is 0 Å². The zero-order valence-electron chi connectivity index (χ0n) is 10.6. The fourth-order valence-corrected chi connectivity index (χ4v) is 5.12. The molecule has 1 aliphatic carbocycles. The van der Waals surface area contributed by atoms with E-state index < -0.39 is 15.1 Å². The van der Waals surface area contributed by atoms with Crippen LogP contribution in [0.1, 0.15) is 31.2 Å². The largest absolute Gasteiger partial charge is 0.297 e. The molecule has 0 saturated heterocycles. The number of carbonyl (C=O) groups excluding carboxylic acids is 1. The maximum atomic E-state index is 12.4. The van der Waals surface area contributed by atoms with Gasteiger partial charge in [-0.05, 0) is 18.4 Å². The Bertz CT molecular complexity index is 539. The number of Topliss-reactive ketones (excluding diaryl/α,β-unsaturated/α-hetero) is 1. The van der Waals surface area contributed by atoms with Gasteiger partial charge in [0.15, 0.2) is 15.6 Å². The van der Waals surface area contributed by atoms with Gasteiger partial charge >= 0.3 is 0 Å². The molecule has 2 rings (SSSR count). The lowest BCUT2D eigenvalue weighted by Gasteiger charge is -2.16. The topological polar surface area (TPSA) is 51.2 Å². The number of benzene rings is 1. The van der Waals surface area contributed by atoms with E-state index in [-0.39, 0.29) is 16.4 Å². The lowest BCUT2D eigenvalue weighted by molar-refractivity contribution is -0.117. The summed E-state index contributed by atoms with van der Waals surface area (Å²) >= 11 is 3.31. The summed E-state index contributed by atoms with van der Waals surface area (Å²) in [6.45, 7) is 0. The highest BCUT2D eigenvalue weighted by atomic mass is 79.9. The average Bonchev–Trinajstić information content (AvgIpc) is 2.53. The van der Waals surface area contributed by atoms with Crippen molar-refractivity contribution < 1.29 is 13.2 Å². The van der Waals surface area contributed by atoms with E-state index in [0.717, 1.165) is 24.8 Å². The van der Waals surface area contributed by atoms with Crippen molar-refractivity contribution in [2.75, 3.05) is 0 Å². The first kappa shape index (κ1) is 14.7. The number of carbonyl (C=O) groups is 1. The van der Waals surface area contributed by atoms with Gasteiger partial charge in [0.25, 0.3) is 0 Å². The first-order valence-electron chi connectivity index (χ1n) is 6.44. The molecule has 19 heavy (non-hydrogen) atoms. The quantitative estimate of drug-likeness (QED) is 0.625. The second-order valence-corrected chi connectivity index (χ2v) is 8.22. The van der Waals surface area contributed by atoms with Gasteiger partial charge in [0.05, 0.1) is 10.6 Å². The Kier molecular flexibility index (Phi) is 4.79. The van der Waals surface area contributed by atoms with Crippen LogP contribution in [-0.4, -0.2) is 24.3 Å².